The van der Waals surface area contributed by atoms with Gasteiger partial charge in [0, 0.05) is 28.7 Å². The Morgan fingerprint density at radius 3 is 2.74 bits per heavy atom. The summed E-state index contributed by atoms with van der Waals surface area (Å²) in [6.07, 6.45) is 1.28. The molecule has 0 saturated carbocycles. The second-order valence-electron chi connectivity index (χ2n) is 4.36. The number of hydrogen-bond acceptors (Lipinski definition) is 3. The molecular formula is C14H20O4S. The van der Waals surface area contributed by atoms with E-state index in [-0.39, 0.29) is 6.42 Å². The highest BCUT2D eigenvalue weighted by molar-refractivity contribution is 7.84. The van der Waals surface area contributed by atoms with Crippen LogP contribution in [0.4, 0.5) is 0 Å². The summed E-state index contributed by atoms with van der Waals surface area (Å²) in [4.78, 5) is 10.3. The fourth-order valence-electron chi connectivity index (χ4n) is 1.60. The highest BCUT2D eigenvalue weighted by Gasteiger charge is 2.03. The van der Waals surface area contributed by atoms with Crippen LogP contribution < -0.4 is 4.74 Å². The zero-order chi connectivity index (χ0) is 14.1. The summed E-state index contributed by atoms with van der Waals surface area (Å²) in [5.74, 6) is 1.01. The van der Waals surface area contributed by atoms with Gasteiger partial charge in [0.15, 0.2) is 0 Å². The summed E-state index contributed by atoms with van der Waals surface area (Å²) in [5.41, 5.74) is 1.15. The second-order valence-corrected chi connectivity index (χ2v) is 6.06. The van der Waals surface area contributed by atoms with E-state index in [1.807, 2.05) is 31.2 Å². The molecule has 0 fully saturated rings. The Labute approximate surface area is 116 Å². The highest BCUT2D eigenvalue weighted by Crippen LogP contribution is 2.12. The van der Waals surface area contributed by atoms with Gasteiger partial charge in [-0.25, -0.2) is 0 Å². The quantitative estimate of drug-likeness (QED) is 0.707. The lowest BCUT2D eigenvalue weighted by molar-refractivity contribution is -0.137. The Bertz CT molecular complexity index is 431. The van der Waals surface area contributed by atoms with Gasteiger partial charge < -0.3 is 9.84 Å². The maximum atomic E-state index is 11.6. The zero-order valence-electron chi connectivity index (χ0n) is 11.1. The first kappa shape index (κ1) is 15.7. The summed E-state index contributed by atoms with van der Waals surface area (Å²) in [5, 5.41) is 8.47. The molecule has 1 atom stereocenters. The summed E-state index contributed by atoms with van der Waals surface area (Å²) in [7, 11) is -0.942. The lowest BCUT2D eigenvalue weighted by atomic mass is 10.2. The van der Waals surface area contributed by atoms with Crippen LogP contribution in [0.3, 0.4) is 0 Å². The standard InChI is InChI=1S/C14H20O4S/c1-12-5-2-6-13(11-12)18-8-4-10-19(17)9-3-7-14(15)16/h2,5-6,11H,3-4,7-10H2,1H3,(H,15,16). The Morgan fingerprint density at radius 1 is 1.32 bits per heavy atom. The maximum Gasteiger partial charge on any atom is 0.303 e. The van der Waals surface area contributed by atoms with Crippen LogP contribution in [-0.4, -0.2) is 33.4 Å². The van der Waals surface area contributed by atoms with Gasteiger partial charge in [-0.2, -0.15) is 0 Å². The van der Waals surface area contributed by atoms with Crippen LogP contribution in [0.25, 0.3) is 0 Å². The molecule has 0 aliphatic heterocycles. The van der Waals surface area contributed by atoms with Crippen molar-refractivity contribution in [2.24, 2.45) is 0 Å². The monoisotopic (exact) mass is 284 g/mol. The molecule has 1 N–H and O–H groups in total. The van der Waals surface area contributed by atoms with Gasteiger partial charge in [-0.05, 0) is 37.5 Å². The summed E-state index contributed by atoms with van der Waals surface area (Å²) < 4.78 is 17.1. The van der Waals surface area contributed by atoms with E-state index in [9.17, 15) is 9.00 Å². The smallest absolute Gasteiger partial charge is 0.303 e. The summed E-state index contributed by atoms with van der Waals surface area (Å²) >= 11 is 0. The fourth-order valence-corrected chi connectivity index (χ4v) is 2.71. The van der Waals surface area contributed by atoms with Crippen molar-refractivity contribution in [3.05, 3.63) is 29.8 Å². The lowest BCUT2D eigenvalue weighted by Gasteiger charge is -2.06. The molecule has 0 radical (unpaired) electrons. The zero-order valence-corrected chi connectivity index (χ0v) is 11.9. The van der Waals surface area contributed by atoms with Crippen molar-refractivity contribution in [2.75, 3.05) is 18.1 Å². The van der Waals surface area contributed by atoms with Crippen LogP contribution in [0.2, 0.25) is 0 Å². The number of carbonyl (C=O) groups is 1. The fraction of sp³-hybridized carbons (Fsp3) is 0.500. The van der Waals surface area contributed by atoms with E-state index in [4.69, 9.17) is 9.84 Å². The molecular weight excluding hydrogens is 264 g/mol. The molecule has 0 bridgehead atoms. The van der Waals surface area contributed by atoms with E-state index >= 15 is 0 Å². The number of carboxylic acids is 1. The minimum atomic E-state index is -0.942. The average Bonchev–Trinajstić information content (AvgIpc) is 2.34. The van der Waals surface area contributed by atoms with Gasteiger partial charge in [-0.3, -0.25) is 9.00 Å². The molecule has 0 aromatic heterocycles. The van der Waals surface area contributed by atoms with E-state index in [1.165, 1.54) is 0 Å². The molecule has 1 unspecified atom stereocenters. The number of benzene rings is 1. The van der Waals surface area contributed by atoms with E-state index in [0.29, 0.717) is 31.0 Å². The molecule has 0 amide bonds. The number of ether oxygens (including phenoxy) is 1. The molecule has 19 heavy (non-hydrogen) atoms. The third kappa shape index (κ3) is 7.62. The van der Waals surface area contributed by atoms with Crippen LogP contribution >= 0.6 is 0 Å². The SMILES string of the molecule is Cc1cccc(OCCCS(=O)CCCC(=O)O)c1. The van der Waals surface area contributed by atoms with Gasteiger partial charge in [0.25, 0.3) is 0 Å². The van der Waals surface area contributed by atoms with Crippen LogP contribution in [-0.2, 0) is 15.6 Å². The third-order valence-corrected chi connectivity index (χ3v) is 4.03. The molecule has 1 aromatic rings. The van der Waals surface area contributed by atoms with Gasteiger partial charge in [-0.1, -0.05) is 12.1 Å². The van der Waals surface area contributed by atoms with E-state index in [1.54, 1.807) is 0 Å². The van der Waals surface area contributed by atoms with Crippen molar-refractivity contribution >= 4 is 16.8 Å². The lowest BCUT2D eigenvalue weighted by Crippen LogP contribution is -2.08. The predicted molar refractivity (Wildman–Crippen MR) is 76.0 cm³/mol. The first-order valence-corrected chi connectivity index (χ1v) is 7.83. The molecule has 4 nitrogen and oxygen atoms in total. The molecule has 5 heteroatoms. The van der Waals surface area contributed by atoms with Crippen molar-refractivity contribution in [1.82, 2.24) is 0 Å². The van der Waals surface area contributed by atoms with Crippen molar-refractivity contribution in [3.63, 3.8) is 0 Å². The Hall–Kier alpha value is -1.36. The van der Waals surface area contributed by atoms with Gasteiger partial charge in [-0.15, -0.1) is 0 Å². The van der Waals surface area contributed by atoms with Gasteiger partial charge in [0.1, 0.15) is 5.75 Å². The minimum absolute atomic E-state index is 0.0888. The molecule has 1 rings (SSSR count). The minimum Gasteiger partial charge on any atom is -0.494 e. The molecule has 0 aliphatic rings. The molecule has 0 saturated heterocycles. The largest absolute Gasteiger partial charge is 0.494 e. The Kier molecular flexibility index (Phi) is 7.18. The molecule has 0 spiro atoms. The number of rotatable bonds is 9. The summed E-state index contributed by atoms with van der Waals surface area (Å²) in [6, 6.07) is 7.81. The van der Waals surface area contributed by atoms with Crippen LogP contribution in [0.15, 0.2) is 24.3 Å². The first-order valence-electron chi connectivity index (χ1n) is 6.34. The van der Waals surface area contributed by atoms with Crippen molar-refractivity contribution in [3.8, 4) is 5.75 Å². The van der Waals surface area contributed by atoms with Crippen LogP contribution in [0, 0.1) is 6.92 Å². The Morgan fingerprint density at radius 2 is 2.05 bits per heavy atom. The van der Waals surface area contributed by atoms with Crippen molar-refractivity contribution in [2.45, 2.75) is 26.2 Å². The average molecular weight is 284 g/mol. The van der Waals surface area contributed by atoms with E-state index in [2.05, 4.69) is 0 Å². The predicted octanol–water partition coefficient (Wildman–Crippen LogP) is 2.38. The normalized spacial score (nSPS) is 12.1. The van der Waals surface area contributed by atoms with Crippen molar-refractivity contribution in [1.29, 1.82) is 0 Å². The van der Waals surface area contributed by atoms with Crippen LogP contribution in [0.1, 0.15) is 24.8 Å². The summed E-state index contributed by atoms with van der Waals surface area (Å²) in [6.45, 7) is 2.54. The third-order valence-electron chi connectivity index (χ3n) is 2.54. The maximum absolute atomic E-state index is 11.6. The van der Waals surface area contributed by atoms with Gasteiger partial charge >= 0.3 is 5.97 Å². The Balaban J connectivity index is 2.10. The number of carboxylic acid groups (broad SMARTS) is 1. The van der Waals surface area contributed by atoms with Gasteiger partial charge in [0.2, 0.25) is 0 Å². The molecule has 0 heterocycles. The van der Waals surface area contributed by atoms with Crippen molar-refractivity contribution < 1.29 is 18.8 Å². The number of hydrogen-bond donors (Lipinski definition) is 1. The second kappa shape index (κ2) is 8.69. The molecule has 1 aromatic carbocycles. The first-order chi connectivity index (χ1) is 9.08. The van der Waals surface area contributed by atoms with E-state index < -0.39 is 16.8 Å². The number of aliphatic carboxylic acids is 1. The van der Waals surface area contributed by atoms with Crippen LogP contribution in [0.5, 0.6) is 5.75 Å². The number of aryl methyl sites for hydroxylation is 1. The topological polar surface area (TPSA) is 63.6 Å². The molecule has 0 aliphatic carbocycles. The molecule has 106 valence electrons. The van der Waals surface area contributed by atoms with E-state index in [0.717, 1.165) is 11.3 Å². The highest BCUT2D eigenvalue weighted by atomic mass is 32.2. The van der Waals surface area contributed by atoms with Gasteiger partial charge in [0.05, 0.1) is 6.61 Å².